The first-order valence-corrected chi connectivity index (χ1v) is 11.8. The standard InChI is InChI=1S/C25H32ClFN2O3/c1-25(2,3)32-21(30)14-28-13-17-9-10-18-22(15-7-5-4-6-8-15)29-23-19(24(18)31-17)11-16(26)12-20(23)27/h4-7,11-12,15,17-18,22,24,28-29H,8-10,13-14H2,1-3H3/t15?,17-,18+,22+,24+/m1/s1. The van der Waals surface area contributed by atoms with E-state index in [2.05, 4.69) is 34.9 Å². The molecule has 0 saturated carbocycles. The van der Waals surface area contributed by atoms with Crippen molar-refractivity contribution in [2.24, 2.45) is 11.8 Å². The zero-order valence-electron chi connectivity index (χ0n) is 18.9. The first-order chi connectivity index (χ1) is 15.2. The van der Waals surface area contributed by atoms with Crippen LogP contribution in [-0.2, 0) is 14.3 Å². The Hall–Kier alpha value is -1.89. The van der Waals surface area contributed by atoms with Crippen molar-refractivity contribution in [1.29, 1.82) is 0 Å². The van der Waals surface area contributed by atoms with Gasteiger partial charge in [-0.15, -0.1) is 0 Å². The minimum atomic E-state index is -0.507. The Labute approximate surface area is 194 Å². The molecule has 5 nitrogen and oxygen atoms in total. The summed E-state index contributed by atoms with van der Waals surface area (Å²) in [6, 6.07) is 3.25. The molecule has 2 heterocycles. The van der Waals surface area contributed by atoms with E-state index in [0.29, 0.717) is 17.3 Å². The molecule has 5 atom stereocenters. The van der Waals surface area contributed by atoms with Crippen LogP contribution in [0.15, 0.2) is 36.4 Å². The number of fused-ring (bicyclic) bond motifs is 3. The van der Waals surface area contributed by atoms with E-state index in [4.69, 9.17) is 21.1 Å². The molecule has 0 aromatic heterocycles. The number of carbonyl (C=O) groups excluding carboxylic acids is 1. The summed E-state index contributed by atoms with van der Waals surface area (Å²) in [5, 5.41) is 7.01. The molecule has 2 N–H and O–H groups in total. The van der Waals surface area contributed by atoms with E-state index in [-0.39, 0.29) is 48.4 Å². The second kappa shape index (κ2) is 9.54. The van der Waals surface area contributed by atoms with Gasteiger partial charge in [0.15, 0.2) is 0 Å². The number of rotatable bonds is 5. The lowest BCUT2D eigenvalue weighted by Crippen LogP contribution is -2.48. The van der Waals surface area contributed by atoms with E-state index in [9.17, 15) is 9.18 Å². The zero-order valence-corrected chi connectivity index (χ0v) is 19.6. The highest BCUT2D eigenvalue weighted by atomic mass is 35.5. The molecular weight excluding hydrogens is 431 g/mol. The van der Waals surface area contributed by atoms with Gasteiger partial charge in [0.1, 0.15) is 11.4 Å². The number of allylic oxidation sites excluding steroid dienone is 3. The van der Waals surface area contributed by atoms with Gasteiger partial charge in [-0.3, -0.25) is 4.79 Å². The maximum absolute atomic E-state index is 14.9. The van der Waals surface area contributed by atoms with Crippen LogP contribution >= 0.6 is 11.6 Å². The van der Waals surface area contributed by atoms with Crippen molar-refractivity contribution in [3.05, 3.63) is 52.8 Å². The average Bonchev–Trinajstić information content (AvgIpc) is 2.72. The molecule has 1 unspecified atom stereocenters. The summed E-state index contributed by atoms with van der Waals surface area (Å²) in [6.45, 7) is 6.21. The molecule has 0 bridgehead atoms. The van der Waals surface area contributed by atoms with Gasteiger partial charge in [-0.25, -0.2) is 4.39 Å². The second-order valence-electron chi connectivity index (χ2n) is 9.87. The Bertz CT molecular complexity index is 911. The van der Waals surface area contributed by atoms with Crippen LogP contribution in [0.3, 0.4) is 0 Å². The van der Waals surface area contributed by atoms with Gasteiger partial charge in [0.05, 0.1) is 24.4 Å². The van der Waals surface area contributed by atoms with Crippen molar-refractivity contribution in [2.75, 3.05) is 18.4 Å². The van der Waals surface area contributed by atoms with E-state index < -0.39 is 5.60 Å². The fraction of sp³-hybridized carbons (Fsp3) is 0.560. The number of carbonyl (C=O) groups is 1. The number of anilines is 1. The lowest BCUT2D eigenvalue weighted by atomic mass is 9.73. The van der Waals surface area contributed by atoms with Gasteiger partial charge >= 0.3 is 5.97 Å². The molecule has 1 saturated heterocycles. The van der Waals surface area contributed by atoms with Crippen LogP contribution in [0.5, 0.6) is 0 Å². The van der Waals surface area contributed by atoms with Gasteiger partial charge in [0.2, 0.25) is 0 Å². The molecule has 1 aromatic carbocycles. The molecule has 1 fully saturated rings. The summed E-state index contributed by atoms with van der Waals surface area (Å²) in [5.41, 5.74) is 0.766. The summed E-state index contributed by atoms with van der Waals surface area (Å²) < 4.78 is 26.7. The summed E-state index contributed by atoms with van der Waals surface area (Å²) in [5.74, 6) is -0.144. The zero-order chi connectivity index (χ0) is 22.9. The molecule has 0 amide bonds. The highest BCUT2D eigenvalue weighted by molar-refractivity contribution is 6.30. The number of halogens is 2. The number of hydrogen-bond donors (Lipinski definition) is 2. The lowest BCUT2D eigenvalue weighted by Gasteiger charge is -2.47. The summed E-state index contributed by atoms with van der Waals surface area (Å²) in [6.07, 6.45) is 10.9. The van der Waals surface area contributed by atoms with Crippen LogP contribution in [0, 0.1) is 17.7 Å². The smallest absolute Gasteiger partial charge is 0.320 e. The molecule has 7 heteroatoms. The van der Waals surface area contributed by atoms with Gasteiger partial charge in [-0.2, -0.15) is 0 Å². The maximum Gasteiger partial charge on any atom is 0.320 e. The van der Waals surface area contributed by atoms with Crippen molar-refractivity contribution in [2.45, 2.75) is 63.9 Å². The predicted molar refractivity (Wildman–Crippen MR) is 124 cm³/mol. The minimum absolute atomic E-state index is 0.0749. The van der Waals surface area contributed by atoms with E-state index in [1.54, 1.807) is 0 Å². The predicted octanol–water partition coefficient (Wildman–Crippen LogP) is 5.17. The van der Waals surface area contributed by atoms with Crippen LogP contribution < -0.4 is 10.6 Å². The first-order valence-electron chi connectivity index (χ1n) is 11.4. The number of esters is 1. The van der Waals surface area contributed by atoms with Crippen molar-refractivity contribution in [1.82, 2.24) is 5.32 Å². The highest BCUT2D eigenvalue weighted by Crippen LogP contribution is 2.49. The monoisotopic (exact) mass is 462 g/mol. The molecule has 1 aromatic rings. The second-order valence-corrected chi connectivity index (χ2v) is 10.3. The molecule has 2 aliphatic heterocycles. The normalized spacial score (nSPS) is 29.1. The molecular formula is C25H32ClFN2O3. The summed E-state index contributed by atoms with van der Waals surface area (Å²) >= 11 is 6.20. The third kappa shape index (κ3) is 5.36. The Kier molecular flexibility index (Phi) is 6.94. The van der Waals surface area contributed by atoms with Crippen LogP contribution in [-0.4, -0.2) is 36.8 Å². The van der Waals surface area contributed by atoms with Crippen molar-refractivity contribution in [3.8, 4) is 0 Å². The molecule has 4 rings (SSSR count). The number of hydrogen-bond acceptors (Lipinski definition) is 5. The largest absolute Gasteiger partial charge is 0.459 e. The Morgan fingerprint density at radius 1 is 1.31 bits per heavy atom. The minimum Gasteiger partial charge on any atom is -0.459 e. The summed E-state index contributed by atoms with van der Waals surface area (Å²) in [7, 11) is 0. The third-order valence-electron chi connectivity index (χ3n) is 6.25. The van der Waals surface area contributed by atoms with Crippen LogP contribution in [0.4, 0.5) is 10.1 Å². The van der Waals surface area contributed by atoms with Crippen LogP contribution in [0.25, 0.3) is 0 Å². The van der Waals surface area contributed by atoms with Gasteiger partial charge in [0.25, 0.3) is 0 Å². The van der Waals surface area contributed by atoms with Crippen molar-refractivity contribution >= 4 is 23.3 Å². The van der Waals surface area contributed by atoms with Gasteiger partial charge in [0, 0.05) is 35.0 Å². The Morgan fingerprint density at radius 2 is 2.12 bits per heavy atom. The Morgan fingerprint density at radius 3 is 2.84 bits per heavy atom. The molecule has 0 spiro atoms. The van der Waals surface area contributed by atoms with Crippen LogP contribution in [0.2, 0.25) is 5.02 Å². The van der Waals surface area contributed by atoms with Crippen molar-refractivity contribution in [3.63, 3.8) is 0 Å². The number of ether oxygens (including phenoxy) is 2. The van der Waals surface area contributed by atoms with Gasteiger partial charge < -0.3 is 20.1 Å². The van der Waals surface area contributed by atoms with E-state index in [1.807, 2.05) is 26.8 Å². The molecule has 174 valence electrons. The van der Waals surface area contributed by atoms with E-state index in [1.165, 1.54) is 6.07 Å². The van der Waals surface area contributed by atoms with E-state index >= 15 is 0 Å². The SMILES string of the molecule is CC(C)(C)OC(=O)CNC[C@H]1CC[C@@H]2[C@H](O1)c1cc(Cl)cc(F)c1N[C@H]2C1C=CC=CC1. The fourth-order valence-corrected chi connectivity index (χ4v) is 5.19. The van der Waals surface area contributed by atoms with Gasteiger partial charge in [-0.05, 0) is 52.2 Å². The lowest BCUT2D eigenvalue weighted by molar-refractivity contribution is -0.153. The van der Waals surface area contributed by atoms with Crippen LogP contribution in [0.1, 0.15) is 51.7 Å². The molecule has 3 aliphatic rings. The summed E-state index contributed by atoms with van der Waals surface area (Å²) in [4.78, 5) is 12.0. The fourth-order valence-electron chi connectivity index (χ4n) is 4.98. The number of benzene rings is 1. The maximum atomic E-state index is 14.9. The van der Waals surface area contributed by atoms with Gasteiger partial charge in [-0.1, -0.05) is 35.9 Å². The first kappa shape index (κ1) is 23.3. The average molecular weight is 463 g/mol. The molecule has 1 aliphatic carbocycles. The molecule has 0 radical (unpaired) electrons. The quantitative estimate of drug-likeness (QED) is 0.591. The van der Waals surface area contributed by atoms with E-state index in [0.717, 1.165) is 24.8 Å². The molecule has 32 heavy (non-hydrogen) atoms. The third-order valence-corrected chi connectivity index (χ3v) is 6.47. The topological polar surface area (TPSA) is 59.6 Å². The highest BCUT2D eigenvalue weighted by Gasteiger charge is 2.44. The number of nitrogens with one attached hydrogen (secondary N) is 2. The Balaban J connectivity index is 1.47. The van der Waals surface area contributed by atoms with Crippen molar-refractivity contribution < 1.29 is 18.7 Å².